The minimum absolute atomic E-state index is 0.201. The summed E-state index contributed by atoms with van der Waals surface area (Å²) >= 11 is 3.38. The molecular weight excluding hydrogens is 313 g/mol. The van der Waals surface area contributed by atoms with Gasteiger partial charge in [-0.1, -0.05) is 28.9 Å². The van der Waals surface area contributed by atoms with Gasteiger partial charge in [0.1, 0.15) is 11.4 Å². The molecule has 0 heterocycles. The summed E-state index contributed by atoms with van der Waals surface area (Å²) in [7, 11) is 0. The van der Waals surface area contributed by atoms with E-state index in [4.69, 9.17) is 4.74 Å². The Morgan fingerprint density at radius 3 is 2.58 bits per heavy atom. The van der Waals surface area contributed by atoms with Crippen molar-refractivity contribution in [1.29, 1.82) is 0 Å². The first-order valence-electron chi connectivity index (χ1n) is 6.10. The minimum atomic E-state index is -0.589. The minimum Gasteiger partial charge on any atom is -0.444 e. The van der Waals surface area contributed by atoms with Crippen molar-refractivity contribution >= 4 is 27.7 Å². The van der Waals surface area contributed by atoms with Crippen molar-refractivity contribution in [3.8, 4) is 0 Å². The van der Waals surface area contributed by atoms with Crippen LogP contribution < -0.4 is 5.32 Å². The molecule has 1 rings (SSSR count). The van der Waals surface area contributed by atoms with Crippen molar-refractivity contribution in [2.45, 2.75) is 44.5 Å². The van der Waals surface area contributed by atoms with Gasteiger partial charge in [0, 0.05) is 10.5 Å². The molecule has 106 valence electrons. The highest BCUT2D eigenvalue weighted by atomic mass is 79.9. The lowest BCUT2D eigenvalue weighted by atomic mass is 10.1. The van der Waals surface area contributed by atoms with Crippen LogP contribution in [0.5, 0.6) is 0 Å². The van der Waals surface area contributed by atoms with Crippen LogP contribution in [0.25, 0.3) is 0 Å². The smallest absolute Gasteiger partial charge is 0.412 e. The van der Waals surface area contributed by atoms with Crippen LogP contribution in [0.1, 0.15) is 33.3 Å². The van der Waals surface area contributed by atoms with Crippen LogP contribution >= 0.6 is 15.9 Å². The number of amides is 1. The average Bonchev–Trinajstić information content (AvgIpc) is 2.18. The van der Waals surface area contributed by atoms with Crippen LogP contribution in [0.3, 0.4) is 0 Å². The zero-order chi connectivity index (χ0) is 14.6. The Morgan fingerprint density at radius 1 is 1.47 bits per heavy atom. The quantitative estimate of drug-likeness (QED) is 0.828. The fraction of sp³-hybridized carbons (Fsp3) is 0.500. The van der Waals surface area contributed by atoms with E-state index in [9.17, 15) is 9.18 Å². The van der Waals surface area contributed by atoms with Crippen LogP contribution in [0, 0.1) is 5.82 Å². The lowest BCUT2D eigenvalue weighted by Gasteiger charge is -2.19. The van der Waals surface area contributed by atoms with E-state index in [0.717, 1.165) is 0 Å². The summed E-state index contributed by atoms with van der Waals surface area (Å²) < 4.78 is 18.9. The molecule has 0 fully saturated rings. The largest absolute Gasteiger partial charge is 0.444 e. The van der Waals surface area contributed by atoms with Crippen molar-refractivity contribution < 1.29 is 13.9 Å². The Balaban J connectivity index is 2.71. The first-order chi connectivity index (χ1) is 8.67. The van der Waals surface area contributed by atoms with E-state index in [2.05, 4.69) is 21.2 Å². The van der Waals surface area contributed by atoms with Crippen LogP contribution in [-0.4, -0.2) is 16.5 Å². The Hall–Kier alpha value is -1.10. The highest BCUT2D eigenvalue weighted by Gasteiger charge is 2.16. The molecule has 1 atom stereocenters. The van der Waals surface area contributed by atoms with E-state index in [-0.39, 0.29) is 10.6 Å². The molecule has 0 aliphatic carbocycles. The van der Waals surface area contributed by atoms with E-state index in [0.29, 0.717) is 17.7 Å². The van der Waals surface area contributed by atoms with Gasteiger partial charge in [-0.05, 0) is 44.9 Å². The van der Waals surface area contributed by atoms with E-state index >= 15 is 0 Å². The molecule has 0 radical (unpaired) electrons. The monoisotopic (exact) mass is 331 g/mol. The Bertz CT molecular complexity index is 455. The number of nitrogens with one attached hydrogen (secondary N) is 1. The van der Waals surface area contributed by atoms with Crippen molar-refractivity contribution in [2.24, 2.45) is 0 Å². The van der Waals surface area contributed by atoms with Gasteiger partial charge in [0.25, 0.3) is 0 Å². The molecular formula is C14H19BrFNO2. The SMILES string of the molecule is CC(Br)Cc1ccc(NC(=O)OC(C)(C)C)cc1F. The first kappa shape index (κ1) is 16.0. The summed E-state index contributed by atoms with van der Waals surface area (Å²) in [5.74, 6) is -0.333. The zero-order valence-electron chi connectivity index (χ0n) is 11.6. The average molecular weight is 332 g/mol. The third-order valence-electron chi connectivity index (χ3n) is 2.20. The summed E-state index contributed by atoms with van der Waals surface area (Å²) in [5, 5.41) is 2.51. The van der Waals surface area contributed by atoms with Gasteiger partial charge >= 0.3 is 6.09 Å². The molecule has 0 aromatic heterocycles. The van der Waals surface area contributed by atoms with Crippen LogP contribution in [-0.2, 0) is 11.2 Å². The van der Waals surface area contributed by atoms with E-state index < -0.39 is 11.7 Å². The number of rotatable bonds is 3. The number of alkyl halides is 1. The lowest BCUT2D eigenvalue weighted by Crippen LogP contribution is -2.27. The first-order valence-corrected chi connectivity index (χ1v) is 7.01. The number of halogens is 2. The maximum absolute atomic E-state index is 13.8. The Morgan fingerprint density at radius 2 is 2.11 bits per heavy atom. The highest BCUT2D eigenvalue weighted by Crippen LogP contribution is 2.19. The molecule has 0 saturated heterocycles. The summed E-state index contributed by atoms with van der Waals surface area (Å²) in [6.45, 7) is 7.27. The topological polar surface area (TPSA) is 38.3 Å². The molecule has 1 aromatic rings. The highest BCUT2D eigenvalue weighted by molar-refractivity contribution is 9.09. The fourth-order valence-corrected chi connectivity index (χ4v) is 1.86. The van der Waals surface area contributed by atoms with Crippen LogP contribution in [0.2, 0.25) is 0 Å². The second-order valence-corrected chi connectivity index (χ2v) is 6.98. The molecule has 0 spiro atoms. The molecule has 1 amide bonds. The maximum atomic E-state index is 13.8. The van der Waals surface area contributed by atoms with Crippen molar-refractivity contribution in [2.75, 3.05) is 5.32 Å². The molecule has 5 heteroatoms. The predicted octanol–water partition coefficient (Wildman–Crippen LogP) is 4.50. The number of carbonyl (C=O) groups excluding carboxylic acids is 1. The van der Waals surface area contributed by atoms with Crippen LogP contribution in [0.15, 0.2) is 18.2 Å². The van der Waals surface area contributed by atoms with Crippen molar-refractivity contribution in [3.63, 3.8) is 0 Å². The molecule has 3 nitrogen and oxygen atoms in total. The summed E-state index contributed by atoms with van der Waals surface area (Å²) in [4.78, 5) is 11.7. The zero-order valence-corrected chi connectivity index (χ0v) is 13.2. The molecule has 0 bridgehead atoms. The van der Waals surface area contributed by atoms with Gasteiger partial charge in [0.15, 0.2) is 0 Å². The van der Waals surface area contributed by atoms with Gasteiger partial charge in [-0.3, -0.25) is 5.32 Å². The second-order valence-electron chi connectivity index (χ2n) is 5.42. The number of anilines is 1. The molecule has 1 N–H and O–H groups in total. The number of benzene rings is 1. The number of carbonyl (C=O) groups is 1. The molecule has 1 unspecified atom stereocenters. The predicted molar refractivity (Wildman–Crippen MR) is 78.3 cm³/mol. The van der Waals surface area contributed by atoms with Crippen molar-refractivity contribution in [3.05, 3.63) is 29.6 Å². The van der Waals surface area contributed by atoms with Gasteiger partial charge < -0.3 is 4.74 Å². The molecule has 0 saturated carbocycles. The Kier molecular flexibility index (Phi) is 5.35. The van der Waals surface area contributed by atoms with Gasteiger partial charge in [-0.25, -0.2) is 9.18 Å². The van der Waals surface area contributed by atoms with E-state index in [1.165, 1.54) is 6.07 Å². The summed E-state index contributed by atoms with van der Waals surface area (Å²) in [6.07, 6.45) is 0.00644. The molecule has 1 aromatic carbocycles. The third kappa shape index (κ3) is 6.05. The second kappa shape index (κ2) is 6.37. The van der Waals surface area contributed by atoms with Crippen LogP contribution in [0.4, 0.5) is 14.9 Å². The van der Waals surface area contributed by atoms with E-state index in [1.807, 2.05) is 6.92 Å². The van der Waals surface area contributed by atoms with E-state index in [1.54, 1.807) is 32.9 Å². The van der Waals surface area contributed by atoms with Gasteiger partial charge in [0.05, 0.1) is 0 Å². The van der Waals surface area contributed by atoms with Gasteiger partial charge in [-0.15, -0.1) is 0 Å². The fourth-order valence-electron chi connectivity index (χ4n) is 1.52. The maximum Gasteiger partial charge on any atom is 0.412 e. The Labute approximate surface area is 121 Å². The third-order valence-corrected chi connectivity index (χ3v) is 2.52. The van der Waals surface area contributed by atoms with Gasteiger partial charge in [0.2, 0.25) is 0 Å². The summed E-state index contributed by atoms with van der Waals surface area (Å²) in [5.41, 5.74) is 0.422. The van der Waals surface area contributed by atoms with Gasteiger partial charge in [-0.2, -0.15) is 0 Å². The lowest BCUT2D eigenvalue weighted by molar-refractivity contribution is 0.0636. The molecule has 0 aliphatic heterocycles. The number of ether oxygens (including phenoxy) is 1. The van der Waals surface area contributed by atoms with Crippen molar-refractivity contribution in [1.82, 2.24) is 0 Å². The number of hydrogen-bond donors (Lipinski definition) is 1. The standard InChI is InChI=1S/C14H19BrFNO2/c1-9(15)7-10-5-6-11(8-12(10)16)17-13(18)19-14(2,3)4/h5-6,8-9H,7H2,1-4H3,(H,17,18). The molecule has 0 aliphatic rings. The normalized spacial score (nSPS) is 12.9. The summed E-state index contributed by atoms with van der Waals surface area (Å²) in [6, 6.07) is 4.63. The molecule has 19 heavy (non-hydrogen) atoms. The number of hydrogen-bond acceptors (Lipinski definition) is 2.